The van der Waals surface area contributed by atoms with Gasteiger partial charge in [0, 0.05) is 12.0 Å². The van der Waals surface area contributed by atoms with E-state index in [1.165, 1.54) is 12.1 Å². The lowest BCUT2D eigenvalue weighted by Gasteiger charge is -2.20. The Kier molecular flexibility index (Phi) is 4.06. The fourth-order valence-electron chi connectivity index (χ4n) is 2.37. The van der Waals surface area contributed by atoms with Crippen molar-refractivity contribution < 1.29 is 22.6 Å². The first-order valence-electron chi connectivity index (χ1n) is 6.57. The predicted molar refractivity (Wildman–Crippen MR) is 80.9 cm³/mol. The molecule has 118 valence electrons. The van der Waals surface area contributed by atoms with Gasteiger partial charge in [-0.05, 0) is 53.8 Å². The first-order valence-corrected chi connectivity index (χ1v) is 7.65. The zero-order valence-electron chi connectivity index (χ0n) is 11.5. The quantitative estimate of drug-likeness (QED) is 0.688. The van der Waals surface area contributed by atoms with Gasteiger partial charge in [0.2, 0.25) is 0 Å². The fraction of sp³-hybridized carbons (Fsp3) is 0.357. The summed E-state index contributed by atoms with van der Waals surface area (Å²) in [6, 6.07) is 5.69. The first kappa shape index (κ1) is 15.6. The minimum absolute atomic E-state index is 0.0894. The van der Waals surface area contributed by atoms with Crippen LogP contribution in [0.2, 0.25) is 0 Å². The molecule has 0 spiro atoms. The van der Waals surface area contributed by atoms with Crippen molar-refractivity contribution in [2.75, 3.05) is 0 Å². The van der Waals surface area contributed by atoms with E-state index in [1.807, 2.05) is 6.92 Å². The number of alkyl halides is 3. The number of halogens is 4. The van der Waals surface area contributed by atoms with Gasteiger partial charge in [-0.25, -0.2) is 4.68 Å². The van der Waals surface area contributed by atoms with E-state index in [0.29, 0.717) is 18.7 Å². The highest BCUT2D eigenvalue weighted by molar-refractivity contribution is 14.1. The third kappa shape index (κ3) is 3.22. The summed E-state index contributed by atoms with van der Waals surface area (Å²) in [6.07, 6.45) is -3.88. The van der Waals surface area contributed by atoms with Crippen LogP contribution < -0.4 is 4.74 Å². The van der Waals surface area contributed by atoms with E-state index in [0.717, 1.165) is 15.0 Å². The summed E-state index contributed by atoms with van der Waals surface area (Å²) in [5.74, 6) is -0.247. The molecule has 2 heterocycles. The number of nitrogens with zero attached hydrogens (tertiary/aromatic N) is 2. The molecule has 22 heavy (non-hydrogen) atoms. The molecule has 8 heteroatoms. The Morgan fingerprint density at radius 3 is 2.64 bits per heavy atom. The summed E-state index contributed by atoms with van der Waals surface area (Å²) in [6.45, 7) is 2.48. The molecule has 3 rings (SSSR count). The van der Waals surface area contributed by atoms with Gasteiger partial charge < -0.3 is 9.47 Å². The molecule has 0 bridgehead atoms. The molecule has 1 aromatic carbocycles. The van der Waals surface area contributed by atoms with Crippen molar-refractivity contribution in [1.82, 2.24) is 9.78 Å². The van der Waals surface area contributed by atoms with E-state index in [-0.39, 0.29) is 11.9 Å². The largest absolute Gasteiger partial charge is 0.573 e. The van der Waals surface area contributed by atoms with Gasteiger partial charge >= 0.3 is 6.36 Å². The molecule has 0 saturated heterocycles. The van der Waals surface area contributed by atoms with E-state index < -0.39 is 6.36 Å². The second kappa shape index (κ2) is 5.73. The molecule has 0 aliphatic carbocycles. The van der Waals surface area contributed by atoms with Gasteiger partial charge in [-0.2, -0.15) is 5.10 Å². The lowest BCUT2D eigenvalue weighted by molar-refractivity contribution is -0.274. The number of benzene rings is 1. The third-order valence-electron chi connectivity index (χ3n) is 3.35. The Labute approximate surface area is 138 Å². The van der Waals surface area contributed by atoms with E-state index in [1.54, 1.807) is 16.8 Å². The van der Waals surface area contributed by atoms with Crippen LogP contribution in [0.5, 0.6) is 5.75 Å². The molecule has 1 aliphatic heterocycles. The molecule has 0 unspecified atom stereocenters. The zero-order chi connectivity index (χ0) is 15.9. The van der Waals surface area contributed by atoms with Crippen LogP contribution in [-0.2, 0) is 17.8 Å². The molecule has 2 aromatic rings. The normalized spacial score (nSPS) is 18.1. The number of aromatic nitrogens is 2. The summed E-state index contributed by atoms with van der Waals surface area (Å²) < 4.78 is 48.6. The first-order chi connectivity index (χ1) is 10.3. The average Bonchev–Trinajstić information content (AvgIpc) is 2.74. The van der Waals surface area contributed by atoms with Crippen molar-refractivity contribution in [3.63, 3.8) is 0 Å². The molecule has 0 radical (unpaired) electrons. The van der Waals surface area contributed by atoms with Crippen LogP contribution in [0.1, 0.15) is 18.2 Å². The Morgan fingerprint density at radius 1 is 1.32 bits per heavy atom. The number of hydrogen-bond donors (Lipinski definition) is 0. The van der Waals surface area contributed by atoms with Crippen LogP contribution in [0, 0.1) is 3.70 Å². The molecule has 4 nitrogen and oxygen atoms in total. The molecular weight excluding hydrogens is 412 g/mol. The van der Waals surface area contributed by atoms with Gasteiger partial charge in [0.1, 0.15) is 9.45 Å². The molecule has 0 N–H and O–H groups in total. The minimum atomic E-state index is -4.69. The minimum Gasteiger partial charge on any atom is -0.406 e. The molecule has 0 amide bonds. The van der Waals surface area contributed by atoms with E-state index in [9.17, 15) is 13.2 Å². The molecular formula is C14H12F3IN2O2. The standard InChI is InChI=1S/C14H12F3IN2O2/c1-8-6-12-11(7-21-8)13(18)19-20(12)9-2-4-10(5-3-9)22-14(15,16)17/h2-5,8H,6-7H2,1H3/t8-/m0/s1. The molecule has 1 aliphatic rings. The highest BCUT2D eigenvalue weighted by Crippen LogP contribution is 2.29. The predicted octanol–water partition coefficient (Wildman–Crippen LogP) is 3.84. The van der Waals surface area contributed by atoms with Crippen molar-refractivity contribution in [1.29, 1.82) is 0 Å². The van der Waals surface area contributed by atoms with E-state index in [2.05, 4.69) is 32.4 Å². The molecule has 0 saturated carbocycles. The second-order valence-corrected chi connectivity index (χ2v) is 6.02. The lowest BCUT2D eigenvalue weighted by Crippen LogP contribution is -2.21. The monoisotopic (exact) mass is 424 g/mol. The summed E-state index contributed by atoms with van der Waals surface area (Å²) >= 11 is 2.14. The van der Waals surface area contributed by atoms with Crippen LogP contribution in [0.3, 0.4) is 0 Å². The number of hydrogen-bond acceptors (Lipinski definition) is 3. The molecule has 0 fully saturated rings. The average molecular weight is 424 g/mol. The maximum atomic E-state index is 12.2. The van der Waals surface area contributed by atoms with Gasteiger partial charge in [-0.15, -0.1) is 13.2 Å². The Hall–Kier alpha value is -1.29. The second-order valence-electron chi connectivity index (χ2n) is 5.00. The topological polar surface area (TPSA) is 36.3 Å². The van der Waals surface area contributed by atoms with Crippen molar-refractivity contribution in [2.24, 2.45) is 0 Å². The van der Waals surface area contributed by atoms with Crippen LogP contribution >= 0.6 is 22.6 Å². The van der Waals surface area contributed by atoms with Gasteiger partial charge in [0.25, 0.3) is 0 Å². The Morgan fingerprint density at radius 2 is 2.00 bits per heavy atom. The van der Waals surface area contributed by atoms with Gasteiger partial charge in [0.15, 0.2) is 0 Å². The summed E-state index contributed by atoms with van der Waals surface area (Å²) in [5, 5.41) is 4.46. The van der Waals surface area contributed by atoms with Crippen LogP contribution in [0.25, 0.3) is 5.69 Å². The zero-order valence-corrected chi connectivity index (χ0v) is 13.7. The highest BCUT2D eigenvalue weighted by atomic mass is 127. The van der Waals surface area contributed by atoms with E-state index >= 15 is 0 Å². The maximum absolute atomic E-state index is 12.2. The van der Waals surface area contributed by atoms with Gasteiger partial charge in [-0.3, -0.25) is 0 Å². The molecule has 1 atom stereocenters. The van der Waals surface area contributed by atoms with Crippen molar-refractivity contribution in [2.45, 2.75) is 32.4 Å². The van der Waals surface area contributed by atoms with Crippen LogP contribution in [-0.4, -0.2) is 22.2 Å². The Balaban J connectivity index is 1.92. The number of ether oxygens (including phenoxy) is 2. The smallest absolute Gasteiger partial charge is 0.406 e. The maximum Gasteiger partial charge on any atom is 0.573 e. The van der Waals surface area contributed by atoms with Crippen LogP contribution in [0.15, 0.2) is 24.3 Å². The SMILES string of the molecule is C[C@H]1Cc2c(c(I)nn2-c2ccc(OC(F)(F)F)cc2)CO1. The molecule has 1 aromatic heterocycles. The van der Waals surface area contributed by atoms with Gasteiger partial charge in [-0.1, -0.05) is 0 Å². The van der Waals surface area contributed by atoms with Crippen molar-refractivity contribution in [3.05, 3.63) is 39.2 Å². The summed E-state index contributed by atoms with van der Waals surface area (Å²) in [4.78, 5) is 0. The van der Waals surface area contributed by atoms with Crippen molar-refractivity contribution >= 4 is 22.6 Å². The summed E-state index contributed by atoms with van der Waals surface area (Å²) in [7, 11) is 0. The van der Waals surface area contributed by atoms with Crippen LogP contribution in [0.4, 0.5) is 13.2 Å². The van der Waals surface area contributed by atoms with Crippen molar-refractivity contribution in [3.8, 4) is 11.4 Å². The Bertz CT molecular complexity index is 683. The number of rotatable bonds is 2. The van der Waals surface area contributed by atoms with E-state index in [4.69, 9.17) is 4.74 Å². The highest BCUT2D eigenvalue weighted by Gasteiger charge is 2.31. The third-order valence-corrected chi connectivity index (χ3v) is 4.22. The fourth-order valence-corrected chi connectivity index (χ4v) is 3.05. The lowest BCUT2D eigenvalue weighted by atomic mass is 10.1. The van der Waals surface area contributed by atoms with Gasteiger partial charge in [0.05, 0.1) is 24.1 Å². The number of fused-ring (bicyclic) bond motifs is 1. The summed E-state index contributed by atoms with van der Waals surface area (Å²) in [5.41, 5.74) is 2.77.